The molecule has 4 nitrogen and oxygen atoms in total. The van der Waals surface area contributed by atoms with Gasteiger partial charge in [0, 0.05) is 25.3 Å². The largest absolute Gasteiger partial charge is 0.493 e. The van der Waals surface area contributed by atoms with Crippen molar-refractivity contribution in [2.45, 2.75) is 20.3 Å². The monoisotopic (exact) mass is 266 g/mol. The minimum Gasteiger partial charge on any atom is -0.493 e. The van der Waals surface area contributed by atoms with Gasteiger partial charge >= 0.3 is 0 Å². The Hall–Kier alpha value is -1.42. The molecule has 108 valence electrons. The molecule has 1 aromatic rings. The van der Waals surface area contributed by atoms with Gasteiger partial charge in [-0.15, -0.1) is 0 Å². The fraction of sp³-hybridized carbons (Fsp3) is 0.600. The van der Waals surface area contributed by atoms with Crippen LogP contribution in [0.4, 0.5) is 5.69 Å². The molecule has 1 rings (SSSR count). The van der Waals surface area contributed by atoms with Gasteiger partial charge in [-0.2, -0.15) is 0 Å². The van der Waals surface area contributed by atoms with Gasteiger partial charge in [0.25, 0.3) is 0 Å². The van der Waals surface area contributed by atoms with E-state index in [0.29, 0.717) is 5.92 Å². The Kier molecular flexibility index (Phi) is 5.96. The number of hydrogen-bond acceptors (Lipinski definition) is 4. The quantitative estimate of drug-likeness (QED) is 0.823. The minimum absolute atomic E-state index is 0.572. The van der Waals surface area contributed by atoms with Crippen molar-refractivity contribution in [1.82, 2.24) is 0 Å². The maximum absolute atomic E-state index is 5.60. The number of rotatable bonds is 7. The third-order valence-electron chi connectivity index (χ3n) is 3.36. The van der Waals surface area contributed by atoms with Gasteiger partial charge in [0.15, 0.2) is 11.5 Å². The number of benzene rings is 1. The van der Waals surface area contributed by atoms with Crippen molar-refractivity contribution in [2.75, 3.05) is 39.3 Å². The summed E-state index contributed by atoms with van der Waals surface area (Å²) in [6.45, 7) is 6.02. The van der Waals surface area contributed by atoms with Crippen molar-refractivity contribution in [1.29, 1.82) is 0 Å². The fourth-order valence-corrected chi connectivity index (χ4v) is 2.32. The van der Waals surface area contributed by atoms with Crippen LogP contribution in [0.15, 0.2) is 12.1 Å². The van der Waals surface area contributed by atoms with Gasteiger partial charge in [-0.3, -0.25) is 0 Å². The second kappa shape index (κ2) is 7.24. The van der Waals surface area contributed by atoms with Crippen LogP contribution >= 0.6 is 0 Å². The van der Waals surface area contributed by atoms with Crippen molar-refractivity contribution < 1.29 is 9.47 Å². The minimum atomic E-state index is 0.572. The molecule has 1 aromatic carbocycles. The van der Waals surface area contributed by atoms with Crippen LogP contribution in [0.25, 0.3) is 0 Å². The lowest BCUT2D eigenvalue weighted by Crippen LogP contribution is -2.26. The van der Waals surface area contributed by atoms with E-state index in [0.717, 1.165) is 31.0 Å². The second-order valence-electron chi connectivity index (χ2n) is 5.06. The van der Waals surface area contributed by atoms with E-state index >= 15 is 0 Å². The molecule has 19 heavy (non-hydrogen) atoms. The highest BCUT2D eigenvalue weighted by Crippen LogP contribution is 2.34. The molecule has 0 spiro atoms. The smallest absolute Gasteiger partial charge is 0.162 e. The number of aryl methyl sites for hydroxylation is 1. The number of nitrogens with two attached hydrogens (primary N) is 1. The predicted octanol–water partition coefficient (Wildman–Crippen LogP) is 2.43. The van der Waals surface area contributed by atoms with Crippen LogP contribution in [-0.4, -0.2) is 34.4 Å². The molecule has 0 aliphatic carbocycles. The first-order valence-corrected chi connectivity index (χ1v) is 6.67. The van der Waals surface area contributed by atoms with Gasteiger partial charge in [0.1, 0.15) is 0 Å². The Bertz CT molecular complexity index is 407. The average molecular weight is 266 g/mol. The van der Waals surface area contributed by atoms with Crippen molar-refractivity contribution in [2.24, 2.45) is 11.7 Å². The Morgan fingerprint density at radius 1 is 1.21 bits per heavy atom. The summed E-state index contributed by atoms with van der Waals surface area (Å²) in [6.07, 6.45) is 1.04. The first-order valence-electron chi connectivity index (χ1n) is 6.67. The standard InChI is InChI=1S/C15H26N2O2/c1-11(6-7-16)10-17(3)13-9-15(19-5)14(18-4)8-12(13)2/h8-9,11H,6-7,10,16H2,1-5H3. The summed E-state index contributed by atoms with van der Waals surface area (Å²) >= 11 is 0. The Balaban J connectivity index is 2.93. The summed E-state index contributed by atoms with van der Waals surface area (Å²) in [5.41, 5.74) is 7.95. The Morgan fingerprint density at radius 3 is 2.32 bits per heavy atom. The van der Waals surface area contributed by atoms with E-state index in [-0.39, 0.29) is 0 Å². The van der Waals surface area contributed by atoms with Gasteiger partial charge in [0.2, 0.25) is 0 Å². The van der Waals surface area contributed by atoms with Gasteiger partial charge in [-0.25, -0.2) is 0 Å². The molecule has 0 aromatic heterocycles. The molecule has 0 saturated heterocycles. The van der Waals surface area contributed by atoms with E-state index in [1.165, 1.54) is 11.3 Å². The molecular weight excluding hydrogens is 240 g/mol. The second-order valence-corrected chi connectivity index (χ2v) is 5.06. The van der Waals surface area contributed by atoms with Crippen LogP contribution in [0.1, 0.15) is 18.9 Å². The molecule has 0 amide bonds. The predicted molar refractivity (Wildman–Crippen MR) is 80.4 cm³/mol. The van der Waals surface area contributed by atoms with Crippen LogP contribution in [0.2, 0.25) is 0 Å². The topological polar surface area (TPSA) is 47.7 Å². The lowest BCUT2D eigenvalue weighted by molar-refractivity contribution is 0.354. The molecule has 0 saturated carbocycles. The number of anilines is 1. The molecule has 0 bridgehead atoms. The number of ether oxygens (including phenoxy) is 2. The van der Waals surface area contributed by atoms with Gasteiger partial charge in [-0.05, 0) is 37.4 Å². The van der Waals surface area contributed by atoms with E-state index in [4.69, 9.17) is 15.2 Å². The number of methoxy groups -OCH3 is 2. The molecule has 1 unspecified atom stereocenters. The van der Waals surface area contributed by atoms with E-state index in [9.17, 15) is 0 Å². The van der Waals surface area contributed by atoms with Gasteiger partial charge in [0.05, 0.1) is 14.2 Å². The lowest BCUT2D eigenvalue weighted by atomic mass is 10.1. The Morgan fingerprint density at radius 2 is 1.79 bits per heavy atom. The normalized spacial score (nSPS) is 12.1. The van der Waals surface area contributed by atoms with E-state index < -0.39 is 0 Å². The van der Waals surface area contributed by atoms with Crippen molar-refractivity contribution >= 4 is 5.69 Å². The van der Waals surface area contributed by atoms with Crippen LogP contribution in [-0.2, 0) is 0 Å². The molecule has 2 N–H and O–H groups in total. The van der Waals surface area contributed by atoms with Gasteiger partial charge in [-0.1, -0.05) is 6.92 Å². The SMILES string of the molecule is COc1cc(C)c(N(C)CC(C)CCN)cc1OC. The third kappa shape index (κ3) is 4.03. The molecule has 0 aliphatic rings. The van der Waals surface area contributed by atoms with E-state index in [1.807, 2.05) is 12.1 Å². The zero-order valence-electron chi connectivity index (χ0n) is 12.7. The molecule has 1 atom stereocenters. The average Bonchev–Trinajstić information content (AvgIpc) is 2.38. The zero-order valence-corrected chi connectivity index (χ0v) is 12.7. The first kappa shape index (κ1) is 15.6. The van der Waals surface area contributed by atoms with Gasteiger partial charge < -0.3 is 20.1 Å². The molecule has 0 fully saturated rings. The van der Waals surface area contributed by atoms with Crippen LogP contribution in [0, 0.1) is 12.8 Å². The highest BCUT2D eigenvalue weighted by Gasteiger charge is 2.13. The zero-order chi connectivity index (χ0) is 14.4. The fourth-order valence-electron chi connectivity index (χ4n) is 2.32. The van der Waals surface area contributed by atoms with Crippen molar-refractivity contribution in [3.63, 3.8) is 0 Å². The maximum Gasteiger partial charge on any atom is 0.162 e. The third-order valence-corrected chi connectivity index (χ3v) is 3.36. The van der Waals surface area contributed by atoms with E-state index in [1.54, 1.807) is 14.2 Å². The highest BCUT2D eigenvalue weighted by atomic mass is 16.5. The summed E-state index contributed by atoms with van der Waals surface area (Å²) in [5.74, 6) is 2.11. The molecule has 4 heteroatoms. The molecule has 0 radical (unpaired) electrons. The van der Waals surface area contributed by atoms with Crippen LogP contribution in [0.5, 0.6) is 11.5 Å². The number of nitrogens with zero attached hydrogens (tertiary/aromatic N) is 1. The Labute approximate surface area is 116 Å². The van der Waals surface area contributed by atoms with Crippen LogP contribution in [0.3, 0.4) is 0 Å². The maximum atomic E-state index is 5.60. The molecular formula is C15H26N2O2. The summed E-state index contributed by atoms with van der Waals surface area (Å²) in [5, 5.41) is 0. The molecule has 0 aliphatic heterocycles. The molecule has 0 heterocycles. The van der Waals surface area contributed by atoms with E-state index in [2.05, 4.69) is 25.8 Å². The summed E-state index contributed by atoms with van der Waals surface area (Å²) in [7, 11) is 5.42. The highest BCUT2D eigenvalue weighted by molar-refractivity contribution is 5.61. The summed E-state index contributed by atoms with van der Waals surface area (Å²) in [4.78, 5) is 2.25. The van der Waals surface area contributed by atoms with Crippen molar-refractivity contribution in [3.05, 3.63) is 17.7 Å². The first-order chi connectivity index (χ1) is 9.03. The summed E-state index contributed by atoms with van der Waals surface area (Å²) in [6, 6.07) is 4.04. The summed E-state index contributed by atoms with van der Waals surface area (Å²) < 4.78 is 10.7. The van der Waals surface area contributed by atoms with Crippen LogP contribution < -0.4 is 20.1 Å². The van der Waals surface area contributed by atoms with Crippen molar-refractivity contribution in [3.8, 4) is 11.5 Å². The number of hydrogen-bond donors (Lipinski definition) is 1. The lowest BCUT2D eigenvalue weighted by Gasteiger charge is -2.26.